The van der Waals surface area contributed by atoms with Gasteiger partial charge in [-0.1, -0.05) is 24.3 Å². The lowest BCUT2D eigenvalue weighted by Gasteiger charge is -2.13. The van der Waals surface area contributed by atoms with Crippen molar-refractivity contribution in [2.45, 2.75) is 20.0 Å². The SMILES string of the molecule is CC=CC(=O)OCC(O)COc1ccccc1C. The van der Waals surface area contributed by atoms with E-state index in [4.69, 9.17) is 9.47 Å². The highest BCUT2D eigenvalue weighted by atomic mass is 16.5. The molecular formula is C14H18O4. The Balaban J connectivity index is 2.31. The van der Waals surface area contributed by atoms with E-state index in [-0.39, 0.29) is 13.2 Å². The second-order valence-corrected chi connectivity index (χ2v) is 3.86. The molecule has 1 unspecified atom stereocenters. The maximum absolute atomic E-state index is 11.0. The minimum atomic E-state index is -0.834. The number of rotatable bonds is 6. The van der Waals surface area contributed by atoms with Gasteiger partial charge in [0.15, 0.2) is 0 Å². The zero-order chi connectivity index (χ0) is 13.4. The van der Waals surface area contributed by atoms with Crippen LogP contribution < -0.4 is 4.74 Å². The van der Waals surface area contributed by atoms with Crippen LogP contribution in [0.3, 0.4) is 0 Å². The monoisotopic (exact) mass is 250 g/mol. The fourth-order valence-electron chi connectivity index (χ4n) is 1.31. The van der Waals surface area contributed by atoms with Crippen molar-refractivity contribution in [2.75, 3.05) is 13.2 Å². The number of carbonyl (C=O) groups excluding carboxylic acids is 1. The fourth-order valence-corrected chi connectivity index (χ4v) is 1.31. The Morgan fingerprint density at radius 2 is 2.11 bits per heavy atom. The molecule has 0 saturated heterocycles. The highest BCUT2D eigenvalue weighted by Gasteiger charge is 2.08. The molecule has 0 radical (unpaired) electrons. The van der Waals surface area contributed by atoms with Crippen LogP contribution in [0, 0.1) is 6.92 Å². The normalized spacial score (nSPS) is 12.4. The minimum absolute atomic E-state index is 0.0744. The Bertz CT molecular complexity index is 412. The summed E-state index contributed by atoms with van der Waals surface area (Å²) in [5.41, 5.74) is 0.996. The Labute approximate surface area is 107 Å². The third-order valence-corrected chi connectivity index (χ3v) is 2.25. The van der Waals surface area contributed by atoms with Crippen LogP contribution in [0.4, 0.5) is 0 Å². The third kappa shape index (κ3) is 5.01. The lowest BCUT2D eigenvalue weighted by molar-refractivity contribution is -0.141. The predicted octanol–water partition coefficient (Wildman–Crippen LogP) is 1.85. The van der Waals surface area contributed by atoms with E-state index in [9.17, 15) is 9.90 Å². The standard InChI is InChI=1S/C14H18O4/c1-3-6-14(16)18-10-12(15)9-17-13-8-5-4-7-11(13)2/h3-8,12,15H,9-10H2,1-2H3. The van der Waals surface area contributed by atoms with Crippen molar-refractivity contribution in [1.82, 2.24) is 0 Å². The number of aryl methyl sites for hydroxylation is 1. The highest BCUT2D eigenvalue weighted by Crippen LogP contribution is 2.16. The molecule has 0 saturated carbocycles. The molecule has 98 valence electrons. The van der Waals surface area contributed by atoms with E-state index in [0.717, 1.165) is 11.3 Å². The molecule has 0 aliphatic heterocycles. The van der Waals surface area contributed by atoms with Gasteiger partial charge in [-0.2, -0.15) is 0 Å². The minimum Gasteiger partial charge on any atom is -0.490 e. The second kappa shape index (κ2) is 7.50. The van der Waals surface area contributed by atoms with E-state index in [1.165, 1.54) is 6.08 Å². The summed E-state index contributed by atoms with van der Waals surface area (Å²) in [5.74, 6) is 0.253. The largest absolute Gasteiger partial charge is 0.490 e. The number of hydrogen-bond acceptors (Lipinski definition) is 4. The third-order valence-electron chi connectivity index (χ3n) is 2.25. The second-order valence-electron chi connectivity index (χ2n) is 3.86. The summed E-state index contributed by atoms with van der Waals surface area (Å²) in [7, 11) is 0. The average Bonchev–Trinajstić information content (AvgIpc) is 2.36. The molecule has 0 aliphatic carbocycles. The molecule has 0 spiro atoms. The predicted molar refractivity (Wildman–Crippen MR) is 68.5 cm³/mol. The molecule has 0 aliphatic rings. The van der Waals surface area contributed by atoms with Crippen LogP contribution in [0.25, 0.3) is 0 Å². The Morgan fingerprint density at radius 3 is 2.78 bits per heavy atom. The smallest absolute Gasteiger partial charge is 0.330 e. The van der Waals surface area contributed by atoms with Gasteiger partial charge in [-0.05, 0) is 25.5 Å². The molecule has 4 nitrogen and oxygen atoms in total. The van der Waals surface area contributed by atoms with Crippen LogP contribution in [-0.4, -0.2) is 30.4 Å². The number of ether oxygens (including phenoxy) is 2. The first kappa shape index (κ1) is 14.3. The Hall–Kier alpha value is -1.81. The van der Waals surface area contributed by atoms with Crippen molar-refractivity contribution in [3.05, 3.63) is 42.0 Å². The molecule has 0 aromatic heterocycles. The molecule has 1 aromatic rings. The number of aliphatic hydroxyl groups is 1. The maximum Gasteiger partial charge on any atom is 0.330 e. The van der Waals surface area contributed by atoms with E-state index in [1.807, 2.05) is 31.2 Å². The number of esters is 1. The zero-order valence-corrected chi connectivity index (χ0v) is 10.6. The summed E-state index contributed by atoms with van der Waals surface area (Å²) >= 11 is 0. The van der Waals surface area contributed by atoms with Gasteiger partial charge in [0.25, 0.3) is 0 Å². The van der Waals surface area contributed by atoms with E-state index < -0.39 is 12.1 Å². The van der Waals surface area contributed by atoms with Gasteiger partial charge in [0, 0.05) is 6.08 Å². The first-order chi connectivity index (χ1) is 8.63. The fraction of sp³-hybridized carbons (Fsp3) is 0.357. The molecule has 18 heavy (non-hydrogen) atoms. The molecule has 1 N–H and O–H groups in total. The van der Waals surface area contributed by atoms with Crippen molar-refractivity contribution < 1.29 is 19.4 Å². The number of allylic oxidation sites excluding steroid dienone is 1. The lowest BCUT2D eigenvalue weighted by atomic mass is 10.2. The molecular weight excluding hydrogens is 232 g/mol. The molecule has 1 atom stereocenters. The molecule has 0 fully saturated rings. The number of hydrogen-bond donors (Lipinski definition) is 1. The molecule has 0 bridgehead atoms. The van der Waals surface area contributed by atoms with Gasteiger partial charge in [-0.15, -0.1) is 0 Å². The van der Waals surface area contributed by atoms with Gasteiger partial charge in [0.2, 0.25) is 0 Å². The summed E-state index contributed by atoms with van der Waals surface area (Å²) in [5, 5.41) is 9.59. The van der Waals surface area contributed by atoms with Gasteiger partial charge in [-0.25, -0.2) is 4.79 Å². The van der Waals surface area contributed by atoms with Crippen molar-refractivity contribution in [3.8, 4) is 5.75 Å². The van der Waals surface area contributed by atoms with E-state index in [2.05, 4.69) is 0 Å². The van der Waals surface area contributed by atoms with Gasteiger partial charge >= 0.3 is 5.97 Å². The average molecular weight is 250 g/mol. The van der Waals surface area contributed by atoms with Crippen LogP contribution in [-0.2, 0) is 9.53 Å². The van der Waals surface area contributed by atoms with E-state index >= 15 is 0 Å². The molecule has 1 aromatic carbocycles. The molecule has 0 amide bonds. The Morgan fingerprint density at radius 1 is 1.39 bits per heavy atom. The summed E-state index contributed by atoms with van der Waals surface area (Å²) in [6.45, 7) is 3.66. The first-order valence-electron chi connectivity index (χ1n) is 5.79. The summed E-state index contributed by atoms with van der Waals surface area (Å²) < 4.78 is 10.2. The van der Waals surface area contributed by atoms with E-state index in [1.54, 1.807) is 13.0 Å². The van der Waals surface area contributed by atoms with Crippen LogP contribution in [0.2, 0.25) is 0 Å². The van der Waals surface area contributed by atoms with Gasteiger partial charge in [0.1, 0.15) is 25.1 Å². The van der Waals surface area contributed by atoms with Crippen LogP contribution in [0.1, 0.15) is 12.5 Å². The number of benzene rings is 1. The Kier molecular flexibility index (Phi) is 5.94. The maximum atomic E-state index is 11.0. The topological polar surface area (TPSA) is 55.8 Å². The number of carbonyl (C=O) groups is 1. The van der Waals surface area contributed by atoms with Gasteiger partial charge < -0.3 is 14.6 Å². The van der Waals surface area contributed by atoms with Crippen molar-refractivity contribution in [3.63, 3.8) is 0 Å². The zero-order valence-electron chi connectivity index (χ0n) is 10.6. The van der Waals surface area contributed by atoms with Crippen molar-refractivity contribution in [2.24, 2.45) is 0 Å². The highest BCUT2D eigenvalue weighted by molar-refractivity contribution is 5.81. The molecule has 0 heterocycles. The summed E-state index contributed by atoms with van der Waals surface area (Å²) in [6, 6.07) is 7.53. The van der Waals surface area contributed by atoms with Crippen LogP contribution in [0.5, 0.6) is 5.75 Å². The lowest BCUT2D eigenvalue weighted by Crippen LogP contribution is -2.24. The quantitative estimate of drug-likeness (QED) is 0.618. The molecule has 4 heteroatoms. The number of para-hydroxylation sites is 1. The number of aliphatic hydroxyl groups excluding tert-OH is 1. The van der Waals surface area contributed by atoms with E-state index in [0.29, 0.717) is 0 Å². The first-order valence-corrected chi connectivity index (χ1v) is 5.79. The van der Waals surface area contributed by atoms with Crippen molar-refractivity contribution in [1.29, 1.82) is 0 Å². The van der Waals surface area contributed by atoms with Crippen LogP contribution >= 0.6 is 0 Å². The summed E-state index contributed by atoms with van der Waals surface area (Å²) in [4.78, 5) is 11.0. The summed E-state index contributed by atoms with van der Waals surface area (Å²) in [6.07, 6.45) is 2.05. The molecule has 1 rings (SSSR count). The van der Waals surface area contributed by atoms with Gasteiger partial charge in [-0.3, -0.25) is 0 Å². The van der Waals surface area contributed by atoms with Crippen LogP contribution in [0.15, 0.2) is 36.4 Å². The van der Waals surface area contributed by atoms with Crippen molar-refractivity contribution >= 4 is 5.97 Å². The van der Waals surface area contributed by atoms with Gasteiger partial charge in [0.05, 0.1) is 0 Å².